The van der Waals surface area contributed by atoms with Crippen LogP contribution >= 0.6 is 0 Å². The molecule has 2 heterocycles. The molecule has 0 spiro atoms. The predicted molar refractivity (Wildman–Crippen MR) is 62.0 cm³/mol. The molecule has 2 saturated heterocycles. The topological polar surface area (TPSA) is 24.5 Å². The number of hydrogen-bond acceptors (Lipinski definition) is 3. The van der Waals surface area contributed by atoms with Crippen molar-refractivity contribution in [2.24, 2.45) is 11.8 Å². The van der Waals surface area contributed by atoms with Gasteiger partial charge in [0.1, 0.15) is 0 Å². The summed E-state index contributed by atoms with van der Waals surface area (Å²) in [5.41, 5.74) is 0. The van der Waals surface area contributed by atoms with Gasteiger partial charge in [0.2, 0.25) is 0 Å². The Morgan fingerprint density at radius 2 is 2.00 bits per heavy atom. The first-order valence-electron chi connectivity index (χ1n) is 6.25. The van der Waals surface area contributed by atoms with E-state index in [4.69, 9.17) is 4.74 Å². The first kappa shape index (κ1) is 11.4. The van der Waals surface area contributed by atoms with Crippen molar-refractivity contribution in [1.29, 1.82) is 0 Å². The Balaban J connectivity index is 1.84. The van der Waals surface area contributed by atoms with Gasteiger partial charge in [-0.2, -0.15) is 0 Å². The first-order valence-corrected chi connectivity index (χ1v) is 6.25. The summed E-state index contributed by atoms with van der Waals surface area (Å²) in [4.78, 5) is 2.69. The van der Waals surface area contributed by atoms with Crippen molar-refractivity contribution in [3.05, 3.63) is 0 Å². The Bertz CT molecular complexity index is 192. The number of nitrogens with one attached hydrogen (secondary N) is 1. The molecule has 0 saturated carbocycles. The molecule has 2 aliphatic heterocycles. The number of nitrogens with zero attached hydrogens (tertiary/aromatic N) is 1. The fraction of sp³-hybridized carbons (Fsp3) is 1.00. The number of piperidine rings is 1. The highest BCUT2D eigenvalue weighted by Gasteiger charge is 2.33. The summed E-state index contributed by atoms with van der Waals surface area (Å²) in [6, 6.07) is 0.829. The van der Waals surface area contributed by atoms with Crippen molar-refractivity contribution >= 4 is 0 Å². The molecule has 3 nitrogen and oxygen atoms in total. The molecule has 2 aliphatic rings. The average molecular weight is 212 g/mol. The van der Waals surface area contributed by atoms with E-state index >= 15 is 0 Å². The highest BCUT2D eigenvalue weighted by molar-refractivity contribution is 4.87. The van der Waals surface area contributed by atoms with Gasteiger partial charge < -0.3 is 10.1 Å². The Morgan fingerprint density at radius 1 is 1.27 bits per heavy atom. The molecule has 2 atom stereocenters. The van der Waals surface area contributed by atoms with Gasteiger partial charge in [-0.1, -0.05) is 6.92 Å². The van der Waals surface area contributed by atoms with E-state index in [-0.39, 0.29) is 0 Å². The number of methoxy groups -OCH3 is 1. The third-order valence-electron chi connectivity index (χ3n) is 4.00. The molecular weight excluding hydrogens is 188 g/mol. The van der Waals surface area contributed by atoms with E-state index in [0.29, 0.717) is 0 Å². The zero-order chi connectivity index (χ0) is 10.7. The third kappa shape index (κ3) is 2.71. The van der Waals surface area contributed by atoms with E-state index in [2.05, 4.69) is 17.1 Å². The lowest BCUT2D eigenvalue weighted by molar-refractivity contribution is 0.133. The zero-order valence-electron chi connectivity index (χ0n) is 10.0. The van der Waals surface area contributed by atoms with Crippen LogP contribution in [0.1, 0.15) is 19.8 Å². The minimum Gasteiger partial charge on any atom is -0.384 e. The van der Waals surface area contributed by atoms with Gasteiger partial charge >= 0.3 is 0 Å². The van der Waals surface area contributed by atoms with E-state index in [1.165, 1.54) is 39.0 Å². The molecular formula is C12H24N2O. The summed E-state index contributed by atoms with van der Waals surface area (Å²) in [7, 11) is 1.82. The minimum absolute atomic E-state index is 0.755. The van der Waals surface area contributed by atoms with Crippen LogP contribution in [0.5, 0.6) is 0 Å². The number of ether oxygens (including phenoxy) is 1. The van der Waals surface area contributed by atoms with Crippen molar-refractivity contribution < 1.29 is 4.74 Å². The highest BCUT2D eigenvalue weighted by Crippen LogP contribution is 2.27. The molecule has 0 amide bonds. The van der Waals surface area contributed by atoms with Crippen LogP contribution in [0.25, 0.3) is 0 Å². The lowest BCUT2D eigenvalue weighted by Gasteiger charge is -2.31. The van der Waals surface area contributed by atoms with Gasteiger partial charge in [-0.25, -0.2) is 0 Å². The summed E-state index contributed by atoms with van der Waals surface area (Å²) in [6.45, 7) is 8.22. The normalized spacial score (nSPS) is 34.8. The summed E-state index contributed by atoms with van der Waals surface area (Å²) >= 11 is 0. The van der Waals surface area contributed by atoms with Crippen LogP contribution < -0.4 is 5.32 Å². The molecule has 2 rings (SSSR count). The third-order valence-corrected chi connectivity index (χ3v) is 4.00. The molecule has 0 unspecified atom stereocenters. The first-order chi connectivity index (χ1) is 7.31. The molecule has 1 N–H and O–H groups in total. The second-order valence-electron chi connectivity index (χ2n) is 5.13. The largest absolute Gasteiger partial charge is 0.384 e. The van der Waals surface area contributed by atoms with E-state index in [9.17, 15) is 0 Å². The molecule has 88 valence electrons. The van der Waals surface area contributed by atoms with Gasteiger partial charge in [0.15, 0.2) is 0 Å². The van der Waals surface area contributed by atoms with Crippen LogP contribution in [-0.4, -0.2) is 50.8 Å². The standard InChI is InChI=1S/C12H24N2O/c1-10-7-14(8-11(10)9-15-2)12-3-5-13-6-4-12/h10-13H,3-9H2,1-2H3/t10-,11+/m1/s1. The molecule has 3 heteroatoms. The van der Waals surface area contributed by atoms with Crippen molar-refractivity contribution in [1.82, 2.24) is 10.2 Å². The van der Waals surface area contributed by atoms with Crippen molar-refractivity contribution in [2.45, 2.75) is 25.8 Å². The number of rotatable bonds is 3. The Labute approximate surface area is 93.2 Å². The smallest absolute Gasteiger partial charge is 0.0505 e. The summed E-state index contributed by atoms with van der Waals surface area (Å²) in [6.07, 6.45) is 2.65. The van der Waals surface area contributed by atoms with Crippen LogP contribution in [0.2, 0.25) is 0 Å². The van der Waals surface area contributed by atoms with Gasteiger partial charge in [0, 0.05) is 26.2 Å². The Kier molecular flexibility index (Phi) is 4.00. The van der Waals surface area contributed by atoms with Gasteiger partial charge in [-0.3, -0.25) is 4.90 Å². The second-order valence-corrected chi connectivity index (χ2v) is 5.13. The van der Waals surface area contributed by atoms with Crippen molar-refractivity contribution in [3.8, 4) is 0 Å². The fourth-order valence-electron chi connectivity index (χ4n) is 2.98. The van der Waals surface area contributed by atoms with Crippen molar-refractivity contribution in [3.63, 3.8) is 0 Å². The minimum atomic E-state index is 0.755. The quantitative estimate of drug-likeness (QED) is 0.754. The Morgan fingerprint density at radius 3 is 2.67 bits per heavy atom. The zero-order valence-corrected chi connectivity index (χ0v) is 10.0. The highest BCUT2D eigenvalue weighted by atomic mass is 16.5. The van der Waals surface area contributed by atoms with Crippen LogP contribution in [0.3, 0.4) is 0 Å². The lowest BCUT2D eigenvalue weighted by atomic mass is 10.00. The van der Waals surface area contributed by atoms with Crippen molar-refractivity contribution in [2.75, 3.05) is 39.9 Å². The molecule has 2 fully saturated rings. The van der Waals surface area contributed by atoms with Crippen LogP contribution in [-0.2, 0) is 4.74 Å². The average Bonchev–Trinajstić information content (AvgIpc) is 2.63. The second kappa shape index (κ2) is 5.28. The van der Waals surface area contributed by atoms with E-state index in [0.717, 1.165) is 24.5 Å². The summed E-state index contributed by atoms with van der Waals surface area (Å²) in [5.74, 6) is 1.56. The molecule has 0 aromatic rings. The van der Waals surface area contributed by atoms with Gasteiger partial charge in [-0.15, -0.1) is 0 Å². The Hall–Kier alpha value is -0.120. The number of likely N-dealkylation sites (tertiary alicyclic amines) is 1. The monoisotopic (exact) mass is 212 g/mol. The van der Waals surface area contributed by atoms with Crippen LogP contribution in [0, 0.1) is 11.8 Å². The number of hydrogen-bond donors (Lipinski definition) is 1. The van der Waals surface area contributed by atoms with E-state index in [1.54, 1.807) is 0 Å². The maximum atomic E-state index is 5.29. The van der Waals surface area contributed by atoms with Crippen LogP contribution in [0.15, 0.2) is 0 Å². The van der Waals surface area contributed by atoms with Crippen LogP contribution in [0.4, 0.5) is 0 Å². The van der Waals surface area contributed by atoms with Gasteiger partial charge in [0.25, 0.3) is 0 Å². The fourth-order valence-corrected chi connectivity index (χ4v) is 2.98. The maximum absolute atomic E-state index is 5.29. The molecule has 0 aromatic heterocycles. The molecule has 0 aliphatic carbocycles. The van der Waals surface area contributed by atoms with Gasteiger partial charge in [-0.05, 0) is 37.8 Å². The van der Waals surface area contributed by atoms with Gasteiger partial charge in [0.05, 0.1) is 6.61 Å². The summed E-state index contributed by atoms with van der Waals surface area (Å²) < 4.78 is 5.29. The van der Waals surface area contributed by atoms with E-state index < -0.39 is 0 Å². The lowest BCUT2D eigenvalue weighted by Crippen LogP contribution is -2.42. The molecule has 0 aromatic carbocycles. The molecule has 15 heavy (non-hydrogen) atoms. The SMILES string of the molecule is COC[C@@H]1CN(C2CCNCC2)C[C@H]1C. The maximum Gasteiger partial charge on any atom is 0.0505 e. The molecule has 0 radical (unpaired) electrons. The predicted octanol–water partition coefficient (Wildman–Crippen LogP) is 0.953. The van der Waals surface area contributed by atoms with E-state index in [1.807, 2.05) is 7.11 Å². The molecule has 0 bridgehead atoms. The summed E-state index contributed by atoms with van der Waals surface area (Å²) in [5, 5.41) is 3.43.